The van der Waals surface area contributed by atoms with Gasteiger partial charge in [-0.1, -0.05) is 110 Å². The Morgan fingerprint density at radius 1 is 0.625 bits per heavy atom. The molecule has 0 amide bonds. The molecule has 1 rings (SSSR count). The fourth-order valence-corrected chi connectivity index (χ4v) is 3.67. The molecular weight excluding hydrogens is 296 g/mol. The standard InChI is InChI=1S/C22H44O2/c1-2-3-4-5-6-7-8-9-10-11-12-13-14-15-16-17-19-22-20-18-21-23-24-22/h22H,2-21H2,1H3. The molecule has 144 valence electrons. The van der Waals surface area contributed by atoms with Crippen molar-refractivity contribution in [2.45, 2.75) is 135 Å². The van der Waals surface area contributed by atoms with Crippen LogP contribution in [0.15, 0.2) is 0 Å². The summed E-state index contributed by atoms with van der Waals surface area (Å²) in [6, 6.07) is 0. The monoisotopic (exact) mass is 340 g/mol. The van der Waals surface area contributed by atoms with Crippen LogP contribution >= 0.6 is 0 Å². The lowest BCUT2D eigenvalue weighted by molar-refractivity contribution is -0.345. The summed E-state index contributed by atoms with van der Waals surface area (Å²) < 4.78 is 0. The van der Waals surface area contributed by atoms with Gasteiger partial charge in [0.05, 0.1) is 12.7 Å². The molecule has 0 saturated carbocycles. The normalized spacial score (nSPS) is 18.1. The van der Waals surface area contributed by atoms with Crippen molar-refractivity contribution >= 4 is 0 Å². The first kappa shape index (κ1) is 22.0. The Kier molecular flexibility index (Phi) is 16.2. The molecule has 0 bridgehead atoms. The van der Waals surface area contributed by atoms with Crippen molar-refractivity contribution in [2.24, 2.45) is 0 Å². The summed E-state index contributed by atoms with van der Waals surface area (Å²) in [5.41, 5.74) is 0. The molecule has 0 radical (unpaired) electrons. The molecule has 0 spiro atoms. The quantitative estimate of drug-likeness (QED) is 0.199. The van der Waals surface area contributed by atoms with E-state index in [1.807, 2.05) is 0 Å². The molecule has 1 aliphatic rings. The van der Waals surface area contributed by atoms with Gasteiger partial charge in [0.1, 0.15) is 0 Å². The maximum absolute atomic E-state index is 5.30. The number of rotatable bonds is 17. The zero-order valence-electron chi connectivity index (χ0n) is 16.5. The molecule has 24 heavy (non-hydrogen) atoms. The third kappa shape index (κ3) is 14.3. The molecule has 1 heterocycles. The highest BCUT2D eigenvalue weighted by atomic mass is 17.2. The topological polar surface area (TPSA) is 18.5 Å². The second-order valence-corrected chi connectivity index (χ2v) is 7.77. The lowest BCUT2D eigenvalue weighted by Crippen LogP contribution is -2.19. The molecule has 2 nitrogen and oxygen atoms in total. The highest BCUT2D eigenvalue weighted by molar-refractivity contribution is 4.59. The van der Waals surface area contributed by atoms with E-state index in [0.717, 1.165) is 6.61 Å². The van der Waals surface area contributed by atoms with Crippen LogP contribution in [0.5, 0.6) is 0 Å². The maximum atomic E-state index is 5.30. The summed E-state index contributed by atoms with van der Waals surface area (Å²) in [7, 11) is 0. The largest absolute Gasteiger partial charge is 0.236 e. The van der Waals surface area contributed by atoms with Gasteiger partial charge in [-0.15, -0.1) is 0 Å². The maximum Gasteiger partial charge on any atom is 0.0930 e. The van der Waals surface area contributed by atoms with E-state index in [9.17, 15) is 0 Å². The average Bonchev–Trinajstić information content (AvgIpc) is 2.62. The molecule has 1 fully saturated rings. The molecule has 1 saturated heterocycles. The third-order valence-electron chi connectivity index (χ3n) is 5.34. The lowest BCUT2D eigenvalue weighted by Gasteiger charge is -2.20. The molecule has 0 aromatic heterocycles. The van der Waals surface area contributed by atoms with Crippen LogP contribution in [0.25, 0.3) is 0 Å². The van der Waals surface area contributed by atoms with Gasteiger partial charge in [0.25, 0.3) is 0 Å². The Morgan fingerprint density at radius 2 is 1.08 bits per heavy atom. The summed E-state index contributed by atoms with van der Waals surface area (Å²) in [4.78, 5) is 10.4. The Bertz CT molecular complexity index is 236. The van der Waals surface area contributed by atoms with E-state index in [4.69, 9.17) is 9.78 Å². The number of hydrogen-bond acceptors (Lipinski definition) is 2. The highest BCUT2D eigenvalue weighted by Gasteiger charge is 2.14. The first-order chi connectivity index (χ1) is 11.9. The highest BCUT2D eigenvalue weighted by Crippen LogP contribution is 2.18. The van der Waals surface area contributed by atoms with Crippen LogP contribution in [0.4, 0.5) is 0 Å². The minimum atomic E-state index is 0.380. The van der Waals surface area contributed by atoms with E-state index in [-0.39, 0.29) is 0 Å². The van der Waals surface area contributed by atoms with Gasteiger partial charge in [-0.2, -0.15) is 0 Å². The minimum absolute atomic E-state index is 0.380. The molecule has 0 aromatic carbocycles. The van der Waals surface area contributed by atoms with E-state index in [1.165, 1.54) is 122 Å². The van der Waals surface area contributed by atoms with Gasteiger partial charge in [0.2, 0.25) is 0 Å². The third-order valence-corrected chi connectivity index (χ3v) is 5.34. The van der Waals surface area contributed by atoms with Crippen molar-refractivity contribution in [2.75, 3.05) is 6.61 Å². The van der Waals surface area contributed by atoms with Crippen LogP contribution in [0.1, 0.15) is 129 Å². The van der Waals surface area contributed by atoms with Crippen LogP contribution < -0.4 is 0 Å². The van der Waals surface area contributed by atoms with Crippen LogP contribution in [0.3, 0.4) is 0 Å². The Hall–Kier alpha value is -0.0800. The minimum Gasteiger partial charge on any atom is -0.236 e. The van der Waals surface area contributed by atoms with E-state index < -0.39 is 0 Å². The first-order valence-corrected chi connectivity index (χ1v) is 11.2. The Balaban J connectivity index is 1.66. The number of unbranched alkanes of at least 4 members (excludes halogenated alkanes) is 15. The van der Waals surface area contributed by atoms with Crippen molar-refractivity contribution in [3.05, 3.63) is 0 Å². The second-order valence-electron chi connectivity index (χ2n) is 7.77. The van der Waals surface area contributed by atoms with Gasteiger partial charge in [0.15, 0.2) is 0 Å². The van der Waals surface area contributed by atoms with Crippen molar-refractivity contribution in [1.29, 1.82) is 0 Å². The van der Waals surface area contributed by atoms with Crippen LogP contribution in [0, 0.1) is 0 Å². The molecule has 1 unspecified atom stereocenters. The van der Waals surface area contributed by atoms with Gasteiger partial charge in [0, 0.05) is 0 Å². The predicted molar refractivity (Wildman–Crippen MR) is 104 cm³/mol. The molecule has 0 aliphatic carbocycles. The van der Waals surface area contributed by atoms with E-state index in [0.29, 0.717) is 6.10 Å². The Labute approximate surface area is 152 Å². The van der Waals surface area contributed by atoms with Gasteiger partial charge in [-0.05, 0) is 19.3 Å². The SMILES string of the molecule is CCCCCCCCCCCCCCCCCCC1CCCOO1. The molecular formula is C22H44O2. The molecule has 0 N–H and O–H groups in total. The Morgan fingerprint density at radius 3 is 1.50 bits per heavy atom. The van der Waals surface area contributed by atoms with Crippen molar-refractivity contribution in [3.8, 4) is 0 Å². The fourth-order valence-electron chi connectivity index (χ4n) is 3.67. The van der Waals surface area contributed by atoms with E-state index in [2.05, 4.69) is 6.92 Å². The summed E-state index contributed by atoms with van der Waals surface area (Å²) in [6.45, 7) is 3.08. The van der Waals surface area contributed by atoms with Crippen molar-refractivity contribution < 1.29 is 9.78 Å². The summed E-state index contributed by atoms with van der Waals surface area (Å²) in [5, 5.41) is 0. The summed E-state index contributed by atoms with van der Waals surface area (Å²) in [6.07, 6.45) is 26.9. The van der Waals surface area contributed by atoms with Crippen molar-refractivity contribution in [3.63, 3.8) is 0 Å². The van der Waals surface area contributed by atoms with Gasteiger partial charge in [-0.25, -0.2) is 9.78 Å². The molecule has 1 atom stereocenters. The summed E-state index contributed by atoms with van der Waals surface area (Å²) >= 11 is 0. The molecule has 2 heteroatoms. The zero-order chi connectivity index (χ0) is 17.1. The van der Waals surface area contributed by atoms with Crippen molar-refractivity contribution in [1.82, 2.24) is 0 Å². The van der Waals surface area contributed by atoms with Gasteiger partial charge >= 0.3 is 0 Å². The van der Waals surface area contributed by atoms with E-state index >= 15 is 0 Å². The van der Waals surface area contributed by atoms with Crippen LogP contribution in [-0.2, 0) is 9.78 Å². The smallest absolute Gasteiger partial charge is 0.0930 e. The first-order valence-electron chi connectivity index (χ1n) is 11.2. The molecule has 1 aliphatic heterocycles. The number of hydrogen-bond donors (Lipinski definition) is 0. The lowest BCUT2D eigenvalue weighted by atomic mass is 10.0. The average molecular weight is 341 g/mol. The van der Waals surface area contributed by atoms with Crippen LogP contribution in [-0.4, -0.2) is 12.7 Å². The zero-order valence-corrected chi connectivity index (χ0v) is 16.5. The van der Waals surface area contributed by atoms with E-state index in [1.54, 1.807) is 0 Å². The van der Waals surface area contributed by atoms with Crippen LogP contribution in [0.2, 0.25) is 0 Å². The second kappa shape index (κ2) is 17.7. The summed E-state index contributed by atoms with van der Waals surface area (Å²) in [5.74, 6) is 0. The van der Waals surface area contributed by atoms with Gasteiger partial charge in [-0.3, -0.25) is 0 Å². The predicted octanol–water partition coefficient (Wildman–Crippen LogP) is 7.75. The fraction of sp³-hybridized carbons (Fsp3) is 1.00. The van der Waals surface area contributed by atoms with Gasteiger partial charge < -0.3 is 0 Å². The molecule has 0 aromatic rings.